The highest BCUT2D eigenvalue weighted by molar-refractivity contribution is 7.90. The van der Waals surface area contributed by atoms with Crippen LogP contribution < -0.4 is 10.6 Å². The van der Waals surface area contributed by atoms with E-state index in [-0.39, 0.29) is 29.8 Å². The fourth-order valence-electron chi connectivity index (χ4n) is 5.23. The largest absolute Gasteiger partial charge is 0.406 e. The number of sulfone groups is 1. The normalized spacial score (nSPS) is 15.8. The van der Waals surface area contributed by atoms with E-state index in [0.29, 0.717) is 23.1 Å². The van der Waals surface area contributed by atoms with Crippen LogP contribution in [0.5, 0.6) is 0 Å². The molecule has 0 spiro atoms. The number of hydrogen-bond acceptors (Lipinski definition) is 7. The third kappa shape index (κ3) is 8.41. The molecule has 3 N–H and O–H groups in total. The number of anilines is 2. The molecule has 2 heterocycles. The molecular formula is C30H37F3N4O4S. The Morgan fingerprint density at radius 3 is 2.52 bits per heavy atom. The van der Waals surface area contributed by atoms with E-state index >= 15 is 0 Å². The number of aryl methyl sites for hydroxylation is 1. The van der Waals surface area contributed by atoms with Crippen LogP contribution in [0.3, 0.4) is 0 Å². The Bertz CT molecular complexity index is 1550. The summed E-state index contributed by atoms with van der Waals surface area (Å²) in [6.45, 7) is 3.19. The lowest BCUT2D eigenvalue weighted by Gasteiger charge is -2.34. The van der Waals surface area contributed by atoms with Gasteiger partial charge in [-0.05, 0) is 67.6 Å². The minimum absolute atomic E-state index is 0.147. The number of benzene rings is 2. The zero-order valence-corrected chi connectivity index (χ0v) is 24.8. The number of fused-ring (bicyclic) bond motifs is 1. The molecule has 42 heavy (non-hydrogen) atoms. The van der Waals surface area contributed by atoms with Gasteiger partial charge in [0, 0.05) is 55.8 Å². The van der Waals surface area contributed by atoms with E-state index in [1.165, 1.54) is 10.6 Å². The molecule has 1 saturated heterocycles. The van der Waals surface area contributed by atoms with Crippen LogP contribution in [0, 0.1) is 18.8 Å². The van der Waals surface area contributed by atoms with E-state index < -0.39 is 28.7 Å². The summed E-state index contributed by atoms with van der Waals surface area (Å²) < 4.78 is 70.5. The summed E-state index contributed by atoms with van der Waals surface area (Å²) in [6.07, 6.45) is -2.16. The van der Waals surface area contributed by atoms with Crippen LogP contribution in [0.2, 0.25) is 0 Å². The molecule has 0 bridgehead atoms. The topological polar surface area (TPSA) is 95.8 Å². The Kier molecular flexibility index (Phi) is 10.1. The number of ether oxygens (including phenoxy) is 1. The summed E-state index contributed by atoms with van der Waals surface area (Å²) >= 11 is 0. The van der Waals surface area contributed by atoms with Crippen LogP contribution in [0.15, 0.2) is 47.4 Å². The van der Waals surface area contributed by atoms with Crippen LogP contribution in [-0.4, -0.2) is 87.5 Å². The van der Waals surface area contributed by atoms with E-state index in [0.717, 1.165) is 43.4 Å². The highest BCUT2D eigenvalue weighted by Gasteiger charge is 2.30. The number of nitrogens with one attached hydrogen (secondary N) is 2. The van der Waals surface area contributed by atoms with Crippen LogP contribution in [0.4, 0.5) is 24.5 Å². The zero-order chi connectivity index (χ0) is 30.5. The van der Waals surface area contributed by atoms with Crippen LogP contribution in [-0.2, 0) is 21.1 Å². The Morgan fingerprint density at radius 1 is 1.14 bits per heavy atom. The van der Waals surface area contributed by atoms with Crippen LogP contribution in [0.25, 0.3) is 10.9 Å². The summed E-state index contributed by atoms with van der Waals surface area (Å²) in [7, 11) is -1.77. The molecule has 1 atom stereocenters. The van der Waals surface area contributed by atoms with Crippen molar-refractivity contribution in [1.29, 1.82) is 0 Å². The Hall–Kier alpha value is -3.24. The zero-order valence-electron chi connectivity index (χ0n) is 24.0. The molecule has 0 saturated carbocycles. The first-order valence-corrected chi connectivity index (χ1v) is 15.6. The SMILES string of the molecule is COCC(O)CN1CCC(Nc2cccc3c2cc(C#CCNc2ccc(S(C)(=O)=O)cc2C)n3CC(F)(F)F)CC1. The van der Waals surface area contributed by atoms with Gasteiger partial charge in [0.15, 0.2) is 9.84 Å². The van der Waals surface area contributed by atoms with Gasteiger partial charge >= 0.3 is 6.18 Å². The monoisotopic (exact) mass is 606 g/mol. The number of nitrogens with zero attached hydrogens (tertiary/aromatic N) is 2. The van der Waals surface area contributed by atoms with Gasteiger partial charge < -0.3 is 29.9 Å². The van der Waals surface area contributed by atoms with Crippen molar-refractivity contribution in [3.05, 3.63) is 53.7 Å². The van der Waals surface area contributed by atoms with Crippen LogP contribution in [0.1, 0.15) is 24.1 Å². The molecule has 1 aliphatic heterocycles. The average Bonchev–Trinajstić information content (AvgIpc) is 3.24. The summed E-state index contributed by atoms with van der Waals surface area (Å²) in [5.74, 6) is 5.82. The molecule has 8 nitrogen and oxygen atoms in total. The van der Waals surface area contributed by atoms with Gasteiger partial charge in [0.05, 0.1) is 35.4 Å². The Labute approximate surface area is 244 Å². The molecule has 228 valence electrons. The quantitative estimate of drug-likeness (QED) is 0.297. The number of β-amino-alcohol motifs (C(OH)–C–C–N with tert-alkyl or cyclic N) is 1. The molecule has 4 rings (SSSR count). The number of methoxy groups -OCH3 is 1. The summed E-state index contributed by atoms with van der Waals surface area (Å²) in [5.41, 5.74) is 2.87. The van der Waals surface area contributed by atoms with Gasteiger partial charge in [-0.25, -0.2) is 8.42 Å². The minimum Gasteiger partial charge on any atom is -0.389 e. The number of piperidine rings is 1. The van der Waals surface area contributed by atoms with Crippen molar-refractivity contribution in [1.82, 2.24) is 9.47 Å². The number of aliphatic hydroxyl groups excluding tert-OH is 1. The number of aromatic nitrogens is 1. The minimum atomic E-state index is -4.43. The van der Waals surface area contributed by atoms with Gasteiger partial charge in [-0.1, -0.05) is 12.0 Å². The second-order valence-corrected chi connectivity index (χ2v) is 12.7. The highest BCUT2D eigenvalue weighted by Crippen LogP contribution is 2.31. The van der Waals surface area contributed by atoms with Gasteiger partial charge in [-0.3, -0.25) is 0 Å². The van der Waals surface area contributed by atoms with Crippen molar-refractivity contribution >= 4 is 32.1 Å². The second-order valence-electron chi connectivity index (χ2n) is 10.7. The lowest BCUT2D eigenvalue weighted by molar-refractivity contribution is -0.140. The van der Waals surface area contributed by atoms with Gasteiger partial charge in [-0.2, -0.15) is 13.2 Å². The lowest BCUT2D eigenvalue weighted by Crippen LogP contribution is -2.43. The van der Waals surface area contributed by atoms with Gasteiger partial charge in [0.2, 0.25) is 0 Å². The van der Waals surface area contributed by atoms with Crippen molar-refractivity contribution in [2.75, 3.05) is 56.8 Å². The second kappa shape index (κ2) is 13.4. The van der Waals surface area contributed by atoms with Crippen LogP contribution >= 0.6 is 0 Å². The number of halogens is 3. The molecule has 1 fully saturated rings. The molecule has 1 aromatic heterocycles. The maximum Gasteiger partial charge on any atom is 0.406 e. The maximum atomic E-state index is 13.6. The van der Waals surface area contributed by atoms with Crippen molar-refractivity contribution in [2.45, 2.75) is 49.5 Å². The van der Waals surface area contributed by atoms with E-state index in [9.17, 15) is 26.7 Å². The first-order chi connectivity index (χ1) is 19.8. The number of alkyl halides is 3. The van der Waals surface area contributed by atoms with Crippen molar-refractivity contribution in [3.8, 4) is 11.8 Å². The van der Waals surface area contributed by atoms with Gasteiger partial charge in [0.1, 0.15) is 6.54 Å². The molecule has 12 heteroatoms. The first kappa shape index (κ1) is 31.7. The number of aliphatic hydroxyl groups is 1. The van der Waals surface area contributed by atoms with Crippen molar-refractivity contribution in [2.24, 2.45) is 0 Å². The predicted molar refractivity (Wildman–Crippen MR) is 159 cm³/mol. The highest BCUT2D eigenvalue weighted by atomic mass is 32.2. The average molecular weight is 607 g/mol. The predicted octanol–water partition coefficient (Wildman–Crippen LogP) is 4.26. The Morgan fingerprint density at radius 2 is 1.88 bits per heavy atom. The third-order valence-electron chi connectivity index (χ3n) is 7.27. The molecule has 2 aromatic carbocycles. The van der Waals surface area contributed by atoms with E-state index in [1.54, 1.807) is 44.4 Å². The van der Waals surface area contributed by atoms with E-state index in [2.05, 4.69) is 27.4 Å². The fourth-order valence-corrected chi connectivity index (χ4v) is 5.93. The van der Waals surface area contributed by atoms with Gasteiger partial charge in [-0.15, -0.1) is 0 Å². The molecule has 3 aromatic rings. The number of hydrogen-bond donors (Lipinski definition) is 3. The molecule has 0 amide bonds. The smallest absolute Gasteiger partial charge is 0.389 e. The lowest BCUT2D eigenvalue weighted by atomic mass is 10.0. The molecule has 0 radical (unpaired) electrons. The fraction of sp³-hybridized carbons (Fsp3) is 0.467. The van der Waals surface area contributed by atoms with Crippen molar-refractivity contribution < 1.29 is 31.4 Å². The van der Waals surface area contributed by atoms with Gasteiger partial charge in [0.25, 0.3) is 0 Å². The van der Waals surface area contributed by atoms with E-state index in [4.69, 9.17) is 4.74 Å². The summed E-state index contributed by atoms with van der Waals surface area (Å²) in [6, 6.07) is 11.8. The molecule has 1 unspecified atom stereocenters. The summed E-state index contributed by atoms with van der Waals surface area (Å²) in [4.78, 5) is 2.40. The first-order valence-electron chi connectivity index (χ1n) is 13.7. The Balaban J connectivity index is 1.50. The maximum absolute atomic E-state index is 13.6. The number of likely N-dealkylation sites (tertiary alicyclic amines) is 1. The summed E-state index contributed by atoms with van der Waals surface area (Å²) in [5, 5.41) is 17.3. The van der Waals surface area contributed by atoms with E-state index in [1.807, 2.05) is 6.07 Å². The number of rotatable bonds is 10. The van der Waals surface area contributed by atoms with Crippen molar-refractivity contribution in [3.63, 3.8) is 0 Å². The third-order valence-corrected chi connectivity index (χ3v) is 8.38. The molecular weight excluding hydrogens is 569 g/mol. The standard InChI is InChI=1S/C30H37F3N4O4S/c1-21-16-25(42(3,39)40)9-10-27(21)34-13-5-6-23-17-26-28(7-4-8-29(26)37(23)20-30(31,32)33)35-22-11-14-36(15-12-22)18-24(38)19-41-2/h4,7-10,16-17,22,24,34-35,38H,11-15,18-20H2,1-3H3. The molecule has 0 aliphatic carbocycles. The molecule has 1 aliphatic rings.